The molecule has 130 valence electrons. The first kappa shape index (κ1) is 18.8. The minimum atomic E-state index is 0.0372. The van der Waals surface area contributed by atoms with E-state index in [1.165, 1.54) is 4.90 Å². The highest BCUT2D eigenvalue weighted by molar-refractivity contribution is 7.97. The van der Waals surface area contributed by atoms with Crippen molar-refractivity contribution in [3.05, 3.63) is 36.4 Å². The fraction of sp³-hybridized carbons (Fsp3) is 0.450. The van der Waals surface area contributed by atoms with Gasteiger partial charge in [0.25, 0.3) is 0 Å². The van der Waals surface area contributed by atoms with Crippen LogP contribution < -0.4 is 10.0 Å². The molecule has 2 N–H and O–H groups in total. The van der Waals surface area contributed by atoms with E-state index in [-0.39, 0.29) is 11.4 Å². The zero-order chi connectivity index (χ0) is 17.7. The summed E-state index contributed by atoms with van der Waals surface area (Å²) in [4.78, 5) is 13.3. The van der Waals surface area contributed by atoms with Crippen LogP contribution in [0, 0.1) is 5.92 Å². The highest BCUT2D eigenvalue weighted by Gasteiger charge is 2.12. The van der Waals surface area contributed by atoms with Crippen molar-refractivity contribution in [2.24, 2.45) is 5.92 Å². The van der Waals surface area contributed by atoms with E-state index in [4.69, 9.17) is 0 Å². The van der Waals surface area contributed by atoms with Crippen molar-refractivity contribution in [1.29, 1.82) is 0 Å². The number of nitrogens with one attached hydrogen (secondary N) is 2. The monoisotopic (exact) mass is 344 g/mol. The number of hydrogen-bond acceptors (Lipinski definition) is 3. The molecule has 0 bridgehead atoms. The van der Waals surface area contributed by atoms with E-state index in [0.29, 0.717) is 12.3 Å². The maximum atomic E-state index is 12.2. The SMILES string of the molecule is CC(C)CCC(=O)Nc1cccc2c(SNC(C)(C)C)cccc12. The van der Waals surface area contributed by atoms with Crippen LogP contribution in [0.1, 0.15) is 47.5 Å². The summed E-state index contributed by atoms with van der Waals surface area (Å²) in [6, 6.07) is 12.3. The van der Waals surface area contributed by atoms with Gasteiger partial charge in [0.2, 0.25) is 5.91 Å². The first-order valence-electron chi connectivity index (χ1n) is 8.52. The standard InChI is InChI=1S/C20H28N2OS/c1-14(2)12-13-19(23)21-17-10-6-9-16-15(17)8-7-11-18(16)24-22-20(3,4)5/h6-11,14,22H,12-13H2,1-5H3,(H,21,23). The Morgan fingerprint density at radius 2 is 1.75 bits per heavy atom. The van der Waals surface area contributed by atoms with Gasteiger partial charge in [0.15, 0.2) is 0 Å². The number of rotatable bonds is 6. The molecule has 0 saturated heterocycles. The third kappa shape index (κ3) is 5.53. The Balaban J connectivity index is 2.22. The number of carbonyl (C=O) groups excluding carboxylic acids is 1. The normalized spacial score (nSPS) is 11.9. The lowest BCUT2D eigenvalue weighted by Crippen LogP contribution is -2.29. The second-order valence-electron chi connectivity index (χ2n) is 7.59. The van der Waals surface area contributed by atoms with E-state index in [1.54, 1.807) is 11.9 Å². The minimum Gasteiger partial charge on any atom is -0.326 e. The Kier molecular flexibility index (Phi) is 6.30. The third-order valence-corrected chi connectivity index (χ3v) is 4.86. The highest BCUT2D eigenvalue weighted by Crippen LogP contribution is 2.31. The Morgan fingerprint density at radius 3 is 2.42 bits per heavy atom. The lowest BCUT2D eigenvalue weighted by molar-refractivity contribution is -0.116. The topological polar surface area (TPSA) is 41.1 Å². The largest absolute Gasteiger partial charge is 0.326 e. The first-order valence-corrected chi connectivity index (χ1v) is 9.33. The lowest BCUT2D eigenvalue weighted by atomic mass is 10.1. The molecule has 0 aromatic heterocycles. The van der Waals surface area contributed by atoms with Crippen molar-refractivity contribution in [3.8, 4) is 0 Å². The van der Waals surface area contributed by atoms with Gasteiger partial charge >= 0.3 is 0 Å². The molecule has 2 aromatic carbocycles. The van der Waals surface area contributed by atoms with Crippen LogP contribution in [0.5, 0.6) is 0 Å². The molecule has 0 spiro atoms. The van der Waals surface area contributed by atoms with Crippen molar-refractivity contribution in [2.45, 2.75) is 57.9 Å². The number of fused-ring (bicyclic) bond motifs is 1. The molecule has 0 heterocycles. The summed E-state index contributed by atoms with van der Waals surface area (Å²) in [5, 5.41) is 5.30. The van der Waals surface area contributed by atoms with Gasteiger partial charge in [-0.1, -0.05) is 38.1 Å². The number of carbonyl (C=O) groups is 1. The summed E-state index contributed by atoms with van der Waals surface area (Å²) in [7, 11) is 0. The predicted octanol–water partition coefficient (Wildman–Crippen LogP) is 5.61. The summed E-state index contributed by atoms with van der Waals surface area (Å²) in [5.74, 6) is 0.622. The van der Waals surface area contributed by atoms with Gasteiger partial charge in [-0.05, 0) is 62.6 Å². The molecule has 0 radical (unpaired) electrons. The van der Waals surface area contributed by atoms with E-state index in [2.05, 4.69) is 62.9 Å². The van der Waals surface area contributed by atoms with Gasteiger partial charge in [-0.3, -0.25) is 9.52 Å². The maximum absolute atomic E-state index is 12.2. The summed E-state index contributed by atoms with van der Waals surface area (Å²) in [5.41, 5.74) is 0.926. The summed E-state index contributed by atoms with van der Waals surface area (Å²) in [6.07, 6.45) is 1.47. The maximum Gasteiger partial charge on any atom is 0.224 e. The Labute approximate surface area is 149 Å². The number of hydrogen-bond donors (Lipinski definition) is 2. The number of anilines is 1. The quantitative estimate of drug-likeness (QED) is 0.669. The molecule has 0 unspecified atom stereocenters. The number of benzene rings is 2. The zero-order valence-corrected chi connectivity index (χ0v) is 16.1. The molecule has 0 fully saturated rings. The molecule has 0 aliphatic carbocycles. The highest BCUT2D eigenvalue weighted by atomic mass is 32.2. The van der Waals surface area contributed by atoms with Crippen LogP contribution in [-0.2, 0) is 4.79 Å². The average Bonchev–Trinajstić information content (AvgIpc) is 2.50. The fourth-order valence-electron chi connectivity index (χ4n) is 2.32. The second-order valence-corrected chi connectivity index (χ2v) is 8.44. The van der Waals surface area contributed by atoms with E-state index >= 15 is 0 Å². The van der Waals surface area contributed by atoms with Gasteiger partial charge in [0, 0.05) is 27.9 Å². The molecule has 2 rings (SSSR count). The molecule has 24 heavy (non-hydrogen) atoms. The van der Waals surface area contributed by atoms with Gasteiger partial charge < -0.3 is 5.32 Å². The molecular weight excluding hydrogens is 316 g/mol. The van der Waals surface area contributed by atoms with Crippen LogP contribution in [0.25, 0.3) is 10.8 Å². The van der Waals surface area contributed by atoms with Crippen molar-refractivity contribution in [3.63, 3.8) is 0 Å². The average molecular weight is 345 g/mol. The van der Waals surface area contributed by atoms with Crippen LogP contribution in [0.4, 0.5) is 5.69 Å². The molecule has 0 atom stereocenters. The van der Waals surface area contributed by atoms with Crippen LogP contribution in [-0.4, -0.2) is 11.4 Å². The molecule has 0 saturated carbocycles. The Morgan fingerprint density at radius 1 is 1.08 bits per heavy atom. The van der Waals surface area contributed by atoms with Gasteiger partial charge in [-0.15, -0.1) is 0 Å². The molecule has 1 amide bonds. The van der Waals surface area contributed by atoms with E-state index in [1.807, 2.05) is 18.2 Å². The van der Waals surface area contributed by atoms with Gasteiger partial charge in [-0.2, -0.15) is 0 Å². The second kappa shape index (κ2) is 8.04. The van der Waals surface area contributed by atoms with Gasteiger partial charge in [0.05, 0.1) is 0 Å². The van der Waals surface area contributed by atoms with Crippen molar-refractivity contribution >= 4 is 34.3 Å². The van der Waals surface area contributed by atoms with Crippen molar-refractivity contribution < 1.29 is 4.79 Å². The molecule has 4 heteroatoms. The zero-order valence-electron chi connectivity index (χ0n) is 15.3. The molecule has 2 aromatic rings. The summed E-state index contributed by atoms with van der Waals surface area (Å²) >= 11 is 1.64. The van der Waals surface area contributed by atoms with Crippen molar-refractivity contribution in [1.82, 2.24) is 4.72 Å². The molecular formula is C20H28N2OS. The van der Waals surface area contributed by atoms with Crippen molar-refractivity contribution in [2.75, 3.05) is 5.32 Å². The van der Waals surface area contributed by atoms with Gasteiger partial charge in [-0.25, -0.2) is 0 Å². The minimum absolute atomic E-state index is 0.0372. The lowest BCUT2D eigenvalue weighted by Gasteiger charge is -2.20. The summed E-state index contributed by atoms with van der Waals surface area (Å²) in [6.45, 7) is 10.7. The molecule has 3 nitrogen and oxygen atoms in total. The predicted molar refractivity (Wildman–Crippen MR) is 105 cm³/mol. The molecule has 0 aliphatic rings. The van der Waals surface area contributed by atoms with E-state index in [9.17, 15) is 4.79 Å². The number of amides is 1. The Bertz CT molecular complexity index is 704. The smallest absolute Gasteiger partial charge is 0.224 e. The third-order valence-electron chi connectivity index (χ3n) is 3.57. The van der Waals surface area contributed by atoms with Crippen LogP contribution in [0.2, 0.25) is 0 Å². The van der Waals surface area contributed by atoms with E-state index < -0.39 is 0 Å². The van der Waals surface area contributed by atoms with Crippen LogP contribution in [0.3, 0.4) is 0 Å². The van der Waals surface area contributed by atoms with Gasteiger partial charge in [0.1, 0.15) is 0 Å². The van der Waals surface area contributed by atoms with Crippen LogP contribution >= 0.6 is 11.9 Å². The summed E-state index contributed by atoms with van der Waals surface area (Å²) < 4.78 is 3.45. The molecule has 0 aliphatic heterocycles. The fourth-order valence-corrected chi connectivity index (χ4v) is 3.17. The van der Waals surface area contributed by atoms with E-state index in [0.717, 1.165) is 22.9 Å². The Hall–Kier alpha value is -1.52. The van der Waals surface area contributed by atoms with Crippen LogP contribution in [0.15, 0.2) is 41.3 Å². The first-order chi connectivity index (χ1) is 11.3.